The van der Waals surface area contributed by atoms with Crippen molar-refractivity contribution in [2.75, 3.05) is 13.1 Å². The van der Waals surface area contributed by atoms with Crippen molar-refractivity contribution in [3.63, 3.8) is 0 Å². The smallest absolute Gasteiger partial charge is 0.338 e. The first-order valence-electron chi connectivity index (χ1n) is 20.7. The van der Waals surface area contributed by atoms with E-state index < -0.39 is 124 Å². The van der Waals surface area contributed by atoms with Gasteiger partial charge in [-0.1, -0.05) is 34.6 Å². The minimum atomic E-state index is -2.38. The van der Waals surface area contributed by atoms with Crippen LogP contribution in [-0.2, 0) is 42.9 Å². The molecule has 0 aromatic rings. The van der Waals surface area contributed by atoms with E-state index in [0.29, 0.717) is 31.8 Å². The van der Waals surface area contributed by atoms with Gasteiger partial charge in [-0.15, -0.1) is 0 Å². The molecule has 15 nitrogen and oxygen atoms in total. The molecule has 4 aliphatic carbocycles. The summed E-state index contributed by atoms with van der Waals surface area (Å²) in [6, 6.07) is -0.309. The molecule has 7 fully saturated rings. The summed E-state index contributed by atoms with van der Waals surface area (Å²) in [7, 11) is 0. The first-order chi connectivity index (χ1) is 26.0. The lowest BCUT2D eigenvalue weighted by Crippen LogP contribution is -2.78. The second-order valence-corrected chi connectivity index (χ2v) is 19.2. The van der Waals surface area contributed by atoms with Gasteiger partial charge in [-0.25, -0.2) is 4.79 Å². The number of aliphatic hydroxyl groups excluding tert-OH is 1. The summed E-state index contributed by atoms with van der Waals surface area (Å²) in [6.45, 7) is 15.5. The monoisotopic (exact) mass is 793 g/mol. The molecule has 3 saturated heterocycles. The summed E-state index contributed by atoms with van der Waals surface area (Å²) >= 11 is 0. The Balaban J connectivity index is 1.45. The van der Waals surface area contributed by atoms with Crippen molar-refractivity contribution in [1.82, 2.24) is 4.90 Å². The van der Waals surface area contributed by atoms with Gasteiger partial charge in [0.2, 0.25) is 5.79 Å². The van der Waals surface area contributed by atoms with Gasteiger partial charge in [-0.3, -0.25) is 19.3 Å². The third-order valence-corrected chi connectivity index (χ3v) is 16.0. The molecule has 5 N–H and O–H groups in total. The number of carbonyl (C=O) groups is 4. The van der Waals surface area contributed by atoms with E-state index in [1.54, 1.807) is 20.8 Å². The Kier molecular flexibility index (Phi) is 10.1. The minimum absolute atomic E-state index is 0.0107. The van der Waals surface area contributed by atoms with E-state index in [0.717, 1.165) is 6.42 Å². The summed E-state index contributed by atoms with van der Waals surface area (Å²) in [4.78, 5) is 55.6. The lowest BCUT2D eigenvalue weighted by molar-refractivity contribution is -0.301. The van der Waals surface area contributed by atoms with Crippen LogP contribution in [0, 0.1) is 46.8 Å². The van der Waals surface area contributed by atoms with Gasteiger partial charge >= 0.3 is 23.9 Å². The maximum atomic E-state index is 13.9. The number of piperidine rings is 2. The Morgan fingerprint density at radius 3 is 2.14 bits per heavy atom. The van der Waals surface area contributed by atoms with Gasteiger partial charge in [0.1, 0.15) is 17.8 Å². The molecule has 15 heteroatoms. The molecule has 19 atom stereocenters. The van der Waals surface area contributed by atoms with Crippen LogP contribution in [0.5, 0.6) is 0 Å². The van der Waals surface area contributed by atoms with Crippen molar-refractivity contribution >= 4 is 23.9 Å². The summed E-state index contributed by atoms with van der Waals surface area (Å²) in [5.41, 5.74) is -8.37. The highest BCUT2D eigenvalue weighted by Crippen LogP contribution is 2.78. The van der Waals surface area contributed by atoms with Crippen LogP contribution in [0.1, 0.15) is 107 Å². The summed E-state index contributed by atoms with van der Waals surface area (Å²) in [5.74, 6) is -10.8. The number of ether oxygens (including phenoxy) is 5. The zero-order valence-corrected chi connectivity index (χ0v) is 34.2. The molecule has 7 aliphatic rings. The predicted molar refractivity (Wildman–Crippen MR) is 195 cm³/mol. The standard InChI is InChI=1S/C41H63NO14/c1-10-20(4)34(46)55-33-28(45)27-23(18-42-17-19(3)12-13-25(42)38(27,9)49)24-16-39-32(40(24,33)50)30(53-22(6)44)29(52-21(5)43)31-36(39,7)15-14-26(41(31,51)56-39)54-35(47)37(8,48)11-2/h19-20,23-33,45,48-51H,10-18H2,1-9H3/t19-,20-,23-,24-,25-,26-,27+,28+,29-,30+,31-,32+,33-,36-,37-,38+,39+,40-,41+/m0/s1. The topological polar surface area (TPSA) is 219 Å². The lowest BCUT2D eigenvalue weighted by atomic mass is 9.48. The molecule has 3 aliphatic heterocycles. The number of aliphatic hydroxyl groups is 5. The Hall–Kier alpha value is -2.40. The summed E-state index contributed by atoms with van der Waals surface area (Å²) < 4.78 is 31.3. The number of esters is 4. The van der Waals surface area contributed by atoms with Crippen LogP contribution >= 0.6 is 0 Å². The molecule has 7 rings (SSSR count). The largest absolute Gasteiger partial charge is 0.458 e. The van der Waals surface area contributed by atoms with E-state index >= 15 is 0 Å². The molecule has 1 spiro atoms. The number of carbonyl (C=O) groups excluding carboxylic acids is 4. The van der Waals surface area contributed by atoms with Crippen LogP contribution in [0.25, 0.3) is 0 Å². The average molecular weight is 794 g/mol. The first kappa shape index (κ1) is 41.7. The predicted octanol–water partition coefficient (Wildman–Crippen LogP) is 1.61. The van der Waals surface area contributed by atoms with Crippen LogP contribution in [0.3, 0.4) is 0 Å². The van der Waals surface area contributed by atoms with Crippen LogP contribution in [-0.4, -0.2) is 132 Å². The lowest BCUT2D eigenvalue weighted by Gasteiger charge is -2.64. The van der Waals surface area contributed by atoms with Gasteiger partial charge in [0.05, 0.1) is 35.1 Å². The molecular formula is C41H63NO14. The fourth-order valence-corrected chi connectivity index (χ4v) is 13.1. The van der Waals surface area contributed by atoms with E-state index in [9.17, 15) is 44.7 Å². The van der Waals surface area contributed by atoms with Crippen molar-refractivity contribution < 1.29 is 68.4 Å². The van der Waals surface area contributed by atoms with Crippen molar-refractivity contribution in [3.8, 4) is 0 Å². The van der Waals surface area contributed by atoms with E-state index in [1.165, 1.54) is 20.8 Å². The highest BCUT2D eigenvalue weighted by molar-refractivity contribution is 5.79. The number of fused-ring (bicyclic) bond motifs is 5. The maximum absolute atomic E-state index is 13.9. The fraction of sp³-hybridized carbons (Fsp3) is 0.902. The molecule has 0 unspecified atom stereocenters. The molecule has 56 heavy (non-hydrogen) atoms. The average Bonchev–Trinajstić information content (AvgIpc) is 3.40. The molecular weight excluding hydrogens is 730 g/mol. The number of hydrogen-bond donors (Lipinski definition) is 5. The zero-order chi connectivity index (χ0) is 41.3. The van der Waals surface area contributed by atoms with Crippen LogP contribution in [0.2, 0.25) is 0 Å². The highest BCUT2D eigenvalue weighted by Gasteiger charge is 2.90. The SMILES string of the molecule is CC[C@H](C)C(=O)O[C@H]1[C@H](O)[C@H]2[C@@H](CN3C[C@@H](C)CC[C@H]3[C@@]2(C)O)[C@@H]2C[C@]34O[C@]5(O)[C@@H](OC(=O)[C@@](C)(O)CC)CC[C@@]3(C)[C@@H]5[C@@H](OC(C)=O)[C@@H](OC(C)=O)[C@H]4[C@@]21O. The molecule has 0 aromatic carbocycles. The van der Waals surface area contributed by atoms with E-state index in [-0.39, 0.29) is 31.7 Å². The molecule has 3 heterocycles. The summed E-state index contributed by atoms with van der Waals surface area (Å²) in [5, 5.41) is 62.9. The first-order valence-corrected chi connectivity index (χ1v) is 20.7. The van der Waals surface area contributed by atoms with Crippen molar-refractivity contribution in [2.24, 2.45) is 46.8 Å². The van der Waals surface area contributed by atoms with Crippen LogP contribution in [0.4, 0.5) is 0 Å². The van der Waals surface area contributed by atoms with Gasteiger partial charge in [-0.05, 0) is 76.5 Å². The fourth-order valence-electron chi connectivity index (χ4n) is 13.1. The van der Waals surface area contributed by atoms with Crippen molar-refractivity contribution in [2.45, 2.75) is 172 Å². The Labute approximate surface area is 328 Å². The zero-order valence-electron chi connectivity index (χ0n) is 34.2. The third kappa shape index (κ3) is 5.60. The molecule has 0 radical (unpaired) electrons. The number of hydrogen-bond acceptors (Lipinski definition) is 15. The van der Waals surface area contributed by atoms with Crippen molar-refractivity contribution in [3.05, 3.63) is 0 Å². The Morgan fingerprint density at radius 2 is 1.55 bits per heavy atom. The minimum Gasteiger partial charge on any atom is -0.458 e. The van der Waals surface area contributed by atoms with Gasteiger partial charge < -0.3 is 49.2 Å². The van der Waals surface area contributed by atoms with Crippen molar-refractivity contribution in [1.29, 1.82) is 0 Å². The normalized spacial score (nSPS) is 50.5. The number of nitrogens with zero attached hydrogens (tertiary/aromatic N) is 1. The second kappa shape index (κ2) is 13.6. The van der Waals surface area contributed by atoms with Gasteiger partial charge in [0, 0.05) is 44.3 Å². The van der Waals surface area contributed by atoms with Gasteiger partial charge in [0.15, 0.2) is 17.8 Å². The molecule has 316 valence electrons. The van der Waals surface area contributed by atoms with E-state index in [2.05, 4.69) is 11.8 Å². The second-order valence-electron chi connectivity index (χ2n) is 19.2. The molecule has 0 aromatic heterocycles. The van der Waals surface area contributed by atoms with Gasteiger partial charge in [0.25, 0.3) is 0 Å². The molecule has 4 saturated carbocycles. The number of rotatable bonds is 8. The highest BCUT2D eigenvalue weighted by atomic mass is 16.7. The van der Waals surface area contributed by atoms with E-state index in [4.69, 9.17) is 23.7 Å². The Morgan fingerprint density at radius 1 is 0.929 bits per heavy atom. The Bertz CT molecular complexity index is 1620. The molecule has 4 bridgehead atoms. The van der Waals surface area contributed by atoms with Crippen LogP contribution < -0.4 is 0 Å². The van der Waals surface area contributed by atoms with Crippen LogP contribution in [0.15, 0.2) is 0 Å². The van der Waals surface area contributed by atoms with Gasteiger partial charge in [-0.2, -0.15) is 0 Å². The quantitative estimate of drug-likeness (QED) is 0.174. The maximum Gasteiger partial charge on any atom is 0.338 e. The summed E-state index contributed by atoms with van der Waals surface area (Å²) in [6.07, 6.45) is -5.31. The third-order valence-electron chi connectivity index (χ3n) is 16.0. The molecule has 0 amide bonds. The van der Waals surface area contributed by atoms with E-state index in [1.807, 2.05) is 13.8 Å².